The van der Waals surface area contributed by atoms with Crippen LogP contribution in [0.1, 0.15) is 18.5 Å². The number of para-hydroxylation sites is 2. The Morgan fingerprint density at radius 2 is 1.85 bits per heavy atom. The molecule has 0 radical (unpaired) electrons. The van der Waals surface area contributed by atoms with E-state index in [0.29, 0.717) is 28.4 Å². The Kier molecular flexibility index (Phi) is 5.53. The average Bonchev–Trinajstić information content (AvgIpc) is 3.05. The summed E-state index contributed by atoms with van der Waals surface area (Å²) in [6, 6.07) is 11.5. The van der Waals surface area contributed by atoms with Gasteiger partial charge in [-0.15, -0.1) is 0 Å². The number of benzene rings is 1. The van der Waals surface area contributed by atoms with E-state index in [1.54, 1.807) is 13.3 Å². The Morgan fingerprint density at radius 3 is 2.56 bits per heavy atom. The summed E-state index contributed by atoms with van der Waals surface area (Å²) >= 11 is 5.92. The first kappa shape index (κ1) is 18.5. The smallest absolute Gasteiger partial charge is 0.161 e. The van der Waals surface area contributed by atoms with Gasteiger partial charge < -0.3 is 14.6 Å². The Labute approximate surface area is 164 Å². The number of fused-ring (bicyclic) bond motifs is 1. The van der Waals surface area contributed by atoms with Crippen LogP contribution >= 0.6 is 11.6 Å². The van der Waals surface area contributed by atoms with Gasteiger partial charge in [0, 0.05) is 25.8 Å². The highest BCUT2D eigenvalue weighted by molar-refractivity contribution is 6.30. The van der Waals surface area contributed by atoms with Crippen LogP contribution in [0.5, 0.6) is 11.5 Å². The van der Waals surface area contributed by atoms with Gasteiger partial charge in [0.1, 0.15) is 6.10 Å². The Balaban J connectivity index is 1.39. The monoisotopic (exact) mass is 388 g/mol. The lowest BCUT2D eigenvalue weighted by molar-refractivity contribution is -0.0240. The van der Waals surface area contributed by atoms with Crippen LogP contribution in [0.2, 0.25) is 5.02 Å². The van der Waals surface area contributed by atoms with E-state index in [0.717, 1.165) is 38.2 Å². The molecule has 5 nitrogen and oxygen atoms in total. The zero-order valence-electron chi connectivity index (χ0n) is 15.4. The molecule has 1 saturated heterocycles. The van der Waals surface area contributed by atoms with Gasteiger partial charge in [-0.25, -0.2) is 0 Å². The van der Waals surface area contributed by atoms with Gasteiger partial charge >= 0.3 is 0 Å². The second-order valence-corrected chi connectivity index (χ2v) is 7.96. The zero-order valence-corrected chi connectivity index (χ0v) is 16.2. The van der Waals surface area contributed by atoms with E-state index < -0.39 is 6.10 Å². The van der Waals surface area contributed by atoms with Crippen LogP contribution in [0.25, 0.3) is 0 Å². The summed E-state index contributed by atoms with van der Waals surface area (Å²) in [5, 5.41) is 11.3. The number of aliphatic hydroxyl groups excluding tert-OH is 1. The number of rotatable bonds is 5. The van der Waals surface area contributed by atoms with E-state index >= 15 is 0 Å². The van der Waals surface area contributed by atoms with Crippen molar-refractivity contribution in [3.63, 3.8) is 0 Å². The number of nitrogens with zero attached hydrogens (tertiary/aromatic N) is 2. The van der Waals surface area contributed by atoms with Crippen molar-refractivity contribution in [2.45, 2.75) is 31.6 Å². The minimum absolute atomic E-state index is 0.198. The molecule has 2 heterocycles. The molecule has 2 aliphatic rings. The lowest BCUT2D eigenvalue weighted by Gasteiger charge is -2.35. The second kappa shape index (κ2) is 8.05. The zero-order chi connectivity index (χ0) is 18.8. The molecule has 27 heavy (non-hydrogen) atoms. The van der Waals surface area contributed by atoms with Crippen molar-refractivity contribution in [1.29, 1.82) is 0 Å². The molecular formula is C21H25ClN2O3. The maximum Gasteiger partial charge on any atom is 0.161 e. The van der Waals surface area contributed by atoms with Crippen molar-refractivity contribution in [1.82, 2.24) is 9.88 Å². The first-order chi connectivity index (χ1) is 13.1. The third kappa shape index (κ3) is 4.21. The van der Waals surface area contributed by atoms with Crippen molar-refractivity contribution in [2.75, 3.05) is 20.2 Å². The normalized spacial score (nSPS) is 28.0. The minimum atomic E-state index is -0.454. The van der Waals surface area contributed by atoms with Gasteiger partial charge in [-0.05, 0) is 48.9 Å². The van der Waals surface area contributed by atoms with Crippen LogP contribution in [-0.2, 0) is 6.54 Å². The van der Waals surface area contributed by atoms with Gasteiger partial charge in [0.25, 0.3) is 0 Å². The van der Waals surface area contributed by atoms with Gasteiger partial charge in [0.15, 0.2) is 11.5 Å². The Morgan fingerprint density at radius 1 is 1.11 bits per heavy atom. The molecule has 4 atom stereocenters. The van der Waals surface area contributed by atoms with Crippen LogP contribution in [0.3, 0.4) is 0 Å². The fourth-order valence-electron chi connectivity index (χ4n) is 4.35. The molecule has 2 aromatic rings. The van der Waals surface area contributed by atoms with E-state index in [1.807, 2.05) is 36.4 Å². The molecule has 0 bridgehead atoms. The molecule has 1 aliphatic heterocycles. The number of hydrogen-bond donors (Lipinski definition) is 1. The molecule has 0 unspecified atom stereocenters. The number of ether oxygens (including phenoxy) is 2. The molecular weight excluding hydrogens is 364 g/mol. The molecule has 1 aromatic carbocycles. The van der Waals surface area contributed by atoms with Crippen LogP contribution in [0, 0.1) is 11.8 Å². The van der Waals surface area contributed by atoms with Gasteiger partial charge in [0.2, 0.25) is 0 Å². The van der Waals surface area contributed by atoms with Crippen molar-refractivity contribution < 1.29 is 14.6 Å². The highest BCUT2D eigenvalue weighted by Crippen LogP contribution is 2.39. The van der Waals surface area contributed by atoms with E-state index in [2.05, 4.69) is 9.88 Å². The Hall–Kier alpha value is -1.82. The quantitative estimate of drug-likeness (QED) is 0.850. The van der Waals surface area contributed by atoms with E-state index in [9.17, 15) is 5.11 Å². The maximum atomic E-state index is 10.6. The summed E-state index contributed by atoms with van der Waals surface area (Å²) in [5.74, 6) is 2.43. The molecule has 1 aromatic heterocycles. The lowest BCUT2D eigenvalue weighted by Crippen LogP contribution is -2.42. The number of aliphatic hydroxyl groups is 1. The molecule has 0 spiro atoms. The van der Waals surface area contributed by atoms with Crippen LogP contribution in [-0.4, -0.2) is 47.4 Å². The molecule has 1 N–H and O–H groups in total. The predicted molar refractivity (Wildman–Crippen MR) is 104 cm³/mol. The highest BCUT2D eigenvalue weighted by Gasteiger charge is 2.42. The molecule has 6 heteroatoms. The summed E-state index contributed by atoms with van der Waals surface area (Å²) in [5.41, 5.74) is 1.03. The summed E-state index contributed by atoms with van der Waals surface area (Å²) in [7, 11) is 1.63. The second-order valence-electron chi connectivity index (χ2n) is 7.53. The third-order valence-electron chi connectivity index (χ3n) is 5.68. The summed E-state index contributed by atoms with van der Waals surface area (Å²) in [6.07, 6.45) is 2.67. The fourth-order valence-corrected chi connectivity index (χ4v) is 4.46. The largest absolute Gasteiger partial charge is 0.493 e. The predicted octanol–water partition coefficient (Wildman–Crippen LogP) is 3.39. The summed E-state index contributed by atoms with van der Waals surface area (Å²) in [6.45, 7) is 2.82. The molecule has 0 amide bonds. The molecule has 144 valence electrons. The molecule has 2 fully saturated rings. The van der Waals surface area contributed by atoms with E-state index in [1.165, 1.54) is 0 Å². The van der Waals surface area contributed by atoms with Crippen molar-refractivity contribution in [3.05, 3.63) is 53.3 Å². The maximum absolute atomic E-state index is 10.6. The topological polar surface area (TPSA) is 54.8 Å². The standard InChI is InChI=1S/C21H25ClN2O3/c1-26-19-4-2-3-5-20(19)27-21-9-15-12-24(11-14(15)8-18(21)25)13-17-7-6-16(22)10-23-17/h2-7,10,14-15,18,21,25H,8-9,11-13H2,1H3/t14-,15+,18+,21+/m0/s1. The average molecular weight is 389 g/mol. The minimum Gasteiger partial charge on any atom is -0.493 e. The number of hydrogen-bond acceptors (Lipinski definition) is 5. The lowest BCUT2D eigenvalue weighted by atomic mass is 9.78. The fraction of sp³-hybridized carbons (Fsp3) is 0.476. The number of pyridine rings is 1. The summed E-state index contributed by atoms with van der Waals surface area (Å²) < 4.78 is 11.5. The van der Waals surface area contributed by atoms with Crippen LogP contribution in [0.4, 0.5) is 0 Å². The van der Waals surface area contributed by atoms with Crippen LogP contribution < -0.4 is 9.47 Å². The third-order valence-corrected chi connectivity index (χ3v) is 5.91. The molecule has 1 saturated carbocycles. The van der Waals surface area contributed by atoms with E-state index in [4.69, 9.17) is 21.1 Å². The number of methoxy groups -OCH3 is 1. The van der Waals surface area contributed by atoms with Gasteiger partial charge in [-0.1, -0.05) is 23.7 Å². The summed E-state index contributed by atoms with van der Waals surface area (Å²) in [4.78, 5) is 6.82. The van der Waals surface area contributed by atoms with Crippen LogP contribution in [0.15, 0.2) is 42.6 Å². The number of aromatic nitrogens is 1. The Bertz CT molecular complexity index is 770. The van der Waals surface area contributed by atoms with Gasteiger partial charge in [0.05, 0.1) is 23.9 Å². The van der Waals surface area contributed by atoms with Crippen molar-refractivity contribution >= 4 is 11.6 Å². The van der Waals surface area contributed by atoms with E-state index in [-0.39, 0.29) is 6.10 Å². The van der Waals surface area contributed by atoms with Gasteiger partial charge in [-0.2, -0.15) is 0 Å². The number of likely N-dealkylation sites (tertiary alicyclic amines) is 1. The SMILES string of the molecule is COc1ccccc1O[C@@H]1C[C@@H]2CN(Cc3ccc(Cl)cn3)C[C@@H]2C[C@H]1O. The first-order valence-electron chi connectivity index (χ1n) is 9.43. The first-order valence-corrected chi connectivity index (χ1v) is 9.80. The highest BCUT2D eigenvalue weighted by atomic mass is 35.5. The number of halogens is 1. The molecule has 4 rings (SSSR count). The van der Waals surface area contributed by atoms with Crippen molar-refractivity contribution in [2.24, 2.45) is 11.8 Å². The molecule has 1 aliphatic carbocycles. The van der Waals surface area contributed by atoms with Gasteiger partial charge in [-0.3, -0.25) is 9.88 Å². The van der Waals surface area contributed by atoms with Crippen molar-refractivity contribution in [3.8, 4) is 11.5 Å².